The van der Waals surface area contributed by atoms with E-state index in [-0.39, 0.29) is 0 Å². The zero-order valence-electron chi connectivity index (χ0n) is 12.0. The monoisotopic (exact) mass is 249 g/mol. The molecule has 0 unspecified atom stereocenters. The van der Waals surface area contributed by atoms with Crippen molar-refractivity contribution in [3.05, 3.63) is 71.7 Å². The maximum absolute atomic E-state index is 4.17. The summed E-state index contributed by atoms with van der Waals surface area (Å²) >= 11 is 0. The van der Waals surface area contributed by atoms with E-state index in [0.29, 0.717) is 0 Å². The van der Waals surface area contributed by atoms with Gasteiger partial charge in [0, 0.05) is 0 Å². The van der Waals surface area contributed by atoms with Crippen molar-refractivity contribution in [3.63, 3.8) is 0 Å². The molecule has 0 nitrogen and oxygen atoms in total. The highest BCUT2D eigenvalue weighted by Crippen LogP contribution is 2.07. The van der Waals surface area contributed by atoms with Gasteiger partial charge in [-0.25, -0.2) is 0 Å². The molecule has 0 saturated heterocycles. The Hall–Kier alpha value is -1.76. The Bertz CT molecular complexity index is 576. The van der Waals surface area contributed by atoms with Crippen LogP contribution in [0.2, 0.25) is 6.82 Å². The highest BCUT2D eigenvalue weighted by Gasteiger charge is 2.00. The van der Waals surface area contributed by atoms with Crippen LogP contribution in [-0.2, 0) is 0 Å². The van der Waals surface area contributed by atoms with Gasteiger partial charge in [-0.2, -0.15) is 0 Å². The molecule has 0 fully saturated rings. The summed E-state index contributed by atoms with van der Waals surface area (Å²) in [7, 11) is 2.13. The van der Waals surface area contributed by atoms with E-state index < -0.39 is 0 Å². The first-order chi connectivity index (χ1) is 9.24. The Balaban J connectivity index is 3.44. The first-order valence-corrected chi connectivity index (χ1v) is 6.80. The maximum Gasteiger partial charge on any atom is 0.149 e. The number of allylic oxidation sites excluding steroid dienone is 4. The Labute approximate surface area is 117 Å². The van der Waals surface area contributed by atoms with Crippen molar-refractivity contribution < 1.29 is 0 Å². The molecule has 1 heteroatoms. The molecular formula is C18H22B. The van der Waals surface area contributed by atoms with E-state index in [4.69, 9.17) is 0 Å². The van der Waals surface area contributed by atoms with Crippen LogP contribution in [0, 0.1) is 0 Å². The molecule has 0 bridgehead atoms. The quantitative estimate of drug-likeness (QED) is 0.411. The minimum atomic E-state index is 0.880. The van der Waals surface area contributed by atoms with E-state index in [2.05, 4.69) is 76.7 Å². The summed E-state index contributed by atoms with van der Waals surface area (Å²) in [6, 6.07) is 8.42. The fraction of sp³-hybridized carbons (Fsp3) is 0.222. The number of rotatable bonds is 6. The molecule has 0 aromatic heterocycles. The van der Waals surface area contributed by atoms with E-state index in [0.717, 1.165) is 18.4 Å². The fourth-order valence-electron chi connectivity index (χ4n) is 1.99. The third-order valence-electron chi connectivity index (χ3n) is 2.94. The van der Waals surface area contributed by atoms with Crippen molar-refractivity contribution in [3.8, 4) is 0 Å². The lowest BCUT2D eigenvalue weighted by molar-refractivity contribution is 1.22. The van der Waals surface area contributed by atoms with Gasteiger partial charge in [-0.1, -0.05) is 74.4 Å². The van der Waals surface area contributed by atoms with Crippen LogP contribution < -0.4 is 10.4 Å². The van der Waals surface area contributed by atoms with Gasteiger partial charge in [0.1, 0.15) is 7.28 Å². The second-order valence-electron chi connectivity index (χ2n) is 4.35. The van der Waals surface area contributed by atoms with Gasteiger partial charge in [-0.15, -0.1) is 6.58 Å². The van der Waals surface area contributed by atoms with Crippen LogP contribution in [0.5, 0.6) is 0 Å². The molecule has 1 aromatic rings. The molecule has 0 spiro atoms. The summed E-state index contributed by atoms with van der Waals surface area (Å²) in [5.41, 5.74) is 2.25. The van der Waals surface area contributed by atoms with E-state index in [1.165, 1.54) is 15.9 Å². The predicted octanol–water partition coefficient (Wildman–Crippen LogP) is 3.43. The highest BCUT2D eigenvalue weighted by atomic mass is 14.0. The summed E-state index contributed by atoms with van der Waals surface area (Å²) < 4.78 is 0. The van der Waals surface area contributed by atoms with Crippen molar-refractivity contribution in [1.82, 2.24) is 0 Å². The van der Waals surface area contributed by atoms with Crippen molar-refractivity contribution in [1.29, 1.82) is 0 Å². The lowest BCUT2D eigenvalue weighted by Gasteiger charge is -2.05. The first kappa shape index (κ1) is 15.3. The largest absolute Gasteiger partial charge is 0.149 e. The minimum absolute atomic E-state index is 0.880. The molecule has 0 heterocycles. The van der Waals surface area contributed by atoms with Crippen LogP contribution in [0.25, 0.3) is 11.5 Å². The molecule has 0 saturated carbocycles. The van der Waals surface area contributed by atoms with Gasteiger partial charge < -0.3 is 0 Å². The molecule has 1 aromatic carbocycles. The van der Waals surface area contributed by atoms with Crippen LogP contribution >= 0.6 is 0 Å². The van der Waals surface area contributed by atoms with Gasteiger partial charge in [0.05, 0.1) is 0 Å². The fourth-order valence-corrected chi connectivity index (χ4v) is 1.99. The predicted molar refractivity (Wildman–Crippen MR) is 88.6 cm³/mol. The minimum Gasteiger partial charge on any atom is -0.103 e. The van der Waals surface area contributed by atoms with Gasteiger partial charge >= 0.3 is 0 Å². The molecule has 19 heavy (non-hydrogen) atoms. The van der Waals surface area contributed by atoms with Crippen molar-refractivity contribution in [2.75, 3.05) is 0 Å². The second-order valence-corrected chi connectivity index (χ2v) is 4.35. The highest BCUT2D eigenvalue weighted by molar-refractivity contribution is 6.59. The average Bonchev–Trinajstić information content (AvgIpc) is 2.44. The molecule has 0 atom stereocenters. The summed E-state index contributed by atoms with van der Waals surface area (Å²) in [4.78, 5) is 0. The van der Waals surface area contributed by atoms with E-state index in [1.807, 2.05) is 6.08 Å². The smallest absolute Gasteiger partial charge is 0.103 e. The van der Waals surface area contributed by atoms with Gasteiger partial charge in [0.2, 0.25) is 0 Å². The summed E-state index contributed by atoms with van der Waals surface area (Å²) in [6.07, 6.45) is 10.3. The zero-order valence-corrected chi connectivity index (χ0v) is 12.0. The van der Waals surface area contributed by atoms with Gasteiger partial charge in [0.15, 0.2) is 0 Å². The lowest BCUT2D eigenvalue weighted by Crippen LogP contribution is -2.28. The molecule has 97 valence electrons. The van der Waals surface area contributed by atoms with Crippen LogP contribution in [0.4, 0.5) is 0 Å². The molecule has 0 aliphatic rings. The van der Waals surface area contributed by atoms with Crippen LogP contribution in [0.1, 0.15) is 19.8 Å². The Kier molecular flexibility index (Phi) is 6.74. The summed E-state index contributed by atoms with van der Waals surface area (Å²) in [5, 5.41) is 2.47. The van der Waals surface area contributed by atoms with Gasteiger partial charge in [-0.05, 0) is 28.9 Å². The number of benzene rings is 1. The summed E-state index contributed by atoms with van der Waals surface area (Å²) in [6.45, 7) is 12.1. The van der Waals surface area contributed by atoms with Crippen LogP contribution in [0.3, 0.4) is 0 Å². The number of hydrogen-bond donors (Lipinski definition) is 0. The van der Waals surface area contributed by atoms with Crippen molar-refractivity contribution in [2.24, 2.45) is 0 Å². The summed E-state index contributed by atoms with van der Waals surface area (Å²) in [5.74, 6) is 0. The van der Waals surface area contributed by atoms with Crippen LogP contribution in [-0.4, -0.2) is 7.28 Å². The standard InChI is InChI=1S/C18H22B/c1-5-7-11-15(3)18(19-4)17-14-10-9-13-16(17)12-8-6-2/h6-7,9-14H,2-3,5,8H2,1,4H3/b11-7-,16-12-,18-17+. The van der Waals surface area contributed by atoms with Gasteiger partial charge in [0.25, 0.3) is 0 Å². The zero-order chi connectivity index (χ0) is 14.1. The van der Waals surface area contributed by atoms with E-state index >= 15 is 0 Å². The maximum atomic E-state index is 4.17. The van der Waals surface area contributed by atoms with Crippen molar-refractivity contribution in [2.45, 2.75) is 26.6 Å². The molecule has 0 N–H and O–H groups in total. The number of hydrogen-bond acceptors (Lipinski definition) is 0. The topological polar surface area (TPSA) is 0 Å². The van der Waals surface area contributed by atoms with Gasteiger partial charge in [-0.3, -0.25) is 0 Å². The lowest BCUT2D eigenvalue weighted by atomic mass is 9.68. The third-order valence-corrected chi connectivity index (χ3v) is 2.94. The molecule has 0 amide bonds. The molecule has 1 radical (unpaired) electrons. The average molecular weight is 249 g/mol. The molecule has 0 aliphatic carbocycles. The normalized spacial score (nSPS) is 13.5. The third kappa shape index (κ3) is 4.44. The SMILES string of the molecule is C=CC/C=c1/cccc/c1=C(\[B]C)C(=C)/C=C\CC. The Morgan fingerprint density at radius 1 is 1.32 bits per heavy atom. The Morgan fingerprint density at radius 2 is 2.05 bits per heavy atom. The molecule has 0 aliphatic heterocycles. The van der Waals surface area contributed by atoms with Crippen molar-refractivity contribution >= 4 is 18.8 Å². The first-order valence-electron chi connectivity index (χ1n) is 6.80. The van der Waals surface area contributed by atoms with E-state index in [9.17, 15) is 0 Å². The van der Waals surface area contributed by atoms with Crippen LogP contribution in [0.15, 0.2) is 61.2 Å². The second kappa shape index (κ2) is 8.36. The Morgan fingerprint density at radius 3 is 2.68 bits per heavy atom. The van der Waals surface area contributed by atoms with E-state index in [1.54, 1.807) is 0 Å². The molecule has 1 rings (SSSR count). The molecular weight excluding hydrogens is 227 g/mol.